The molecule has 1 fully saturated rings. The van der Waals surface area contributed by atoms with Crippen LogP contribution in [0.3, 0.4) is 0 Å². The maximum atomic E-state index is 12.8. The van der Waals surface area contributed by atoms with Crippen LogP contribution in [0.1, 0.15) is 27.9 Å². The maximum absolute atomic E-state index is 12.8. The fraction of sp³-hybridized carbons (Fsp3) is 0.333. The van der Waals surface area contributed by atoms with Gasteiger partial charge in [0.25, 0.3) is 5.91 Å². The van der Waals surface area contributed by atoms with Crippen LogP contribution >= 0.6 is 0 Å². The lowest BCUT2D eigenvalue weighted by Gasteiger charge is -2.24. The molecule has 2 atom stereocenters. The van der Waals surface area contributed by atoms with Gasteiger partial charge in [0, 0.05) is 24.6 Å². The number of nitrogens with zero attached hydrogens (tertiary/aromatic N) is 1. The number of rotatable bonds is 6. The summed E-state index contributed by atoms with van der Waals surface area (Å²) in [7, 11) is 0. The van der Waals surface area contributed by atoms with Gasteiger partial charge in [-0.1, -0.05) is 36.4 Å². The van der Waals surface area contributed by atoms with Crippen molar-refractivity contribution in [3.63, 3.8) is 0 Å². The molecule has 0 bridgehead atoms. The molecule has 3 rings (SSSR count). The van der Waals surface area contributed by atoms with Gasteiger partial charge in [0.15, 0.2) is 5.78 Å². The van der Waals surface area contributed by atoms with Crippen molar-refractivity contribution in [1.82, 2.24) is 10.2 Å². The summed E-state index contributed by atoms with van der Waals surface area (Å²) in [6.07, 6.45) is -4.43. The van der Waals surface area contributed by atoms with Crippen molar-refractivity contribution in [3.8, 4) is 0 Å². The van der Waals surface area contributed by atoms with E-state index in [4.69, 9.17) is 5.73 Å². The number of Topliss-reactive ketones (excluding diaryl/α,β-unsaturated/α-hetero) is 1. The molecule has 2 aromatic rings. The molecule has 1 aliphatic rings. The number of nitrogens with one attached hydrogen (secondary N) is 1. The topological polar surface area (TPSA) is 75.4 Å². The molecule has 0 spiro atoms. The van der Waals surface area contributed by atoms with Crippen LogP contribution in [-0.4, -0.2) is 35.8 Å². The van der Waals surface area contributed by atoms with Gasteiger partial charge in [-0.05, 0) is 30.2 Å². The minimum Gasteiger partial charge on any atom is -0.345 e. The molecule has 0 radical (unpaired) electrons. The molecule has 2 aromatic carbocycles. The normalized spacial score (nSPS) is 19.9. The Morgan fingerprint density at radius 3 is 2.52 bits per heavy atom. The van der Waals surface area contributed by atoms with Crippen LogP contribution in [0, 0.1) is 5.92 Å². The number of benzene rings is 2. The Bertz CT molecular complexity index is 871. The lowest BCUT2D eigenvalue weighted by Crippen LogP contribution is -2.44. The third-order valence-electron chi connectivity index (χ3n) is 5.08. The van der Waals surface area contributed by atoms with Gasteiger partial charge in [-0.25, -0.2) is 0 Å². The second-order valence-electron chi connectivity index (χ2n) is 7.07. The van der Waals surface area contributed by atoms with E-state index in [2.05, 4.69) is 5.32 Å². The minimum absolute atomic E-state index is 0.144. The summed E-state index contributed by atoms with van der Waals surface area (Å²) in [6, 6.07) is 13.8. The Labute approximate surface area is 166 Å². The first-order chi connectivity index (χ1) is 13.8. The summed E-state index contributed by atoms with van der Waals surface area (Å²) in [5.41, 5.74) is 6.26. The molecular weight excluding hydrogens is 383 g/mol. The van der Waals surface area contributed by atoms with E-state index in [-0.39, 0.29) is 17.9 Å². The number of halogens is 3. The number of carbonyl (C=O) groups is 2. The average Bonchev–Trinajstić information content (AvgIpc) is 3.06. The molecule has 0 saturated carbocycles. The van der Waals surface area contributed by atoms with E-state index >= 15 is 0 Å². The van der Waals surface area contributed by atoms with Crippen LogP contribution in [0.15, 0.2) is 54.6 Å². The Morgan fingerprint density at radius 2 is 1.83 bits per heavy atom. The summed E-state index contributed by atoms with van der Waals surface area (Å²) < 4.78 is 38.3. The van der Waals surface area contributed by atoms with Crippen molar-refractivity contribution < 1.29 is 22.8 Å². The fourth-order valence-electron chi connectivity index (χ4n) is 3.47. The Morgan fingerprint density at radius 1 is 1.10 bits per heavy atom. The average molecular weight is 405 g/mol. The van der Waals surface area contributed by atoms with Crippen LogP contribution in [0.4, 0.5) is 13.2 Å². The first kappa shape index (κ1) is 21.0. The van der Waals surface area contributed by atoms with Gasteiger partial charge in [-0.2, -0.15) is 13.2 Å². The molecule has 0 aliphatic carbocycles. The standard InChI is InChI=1S/C21H22F3N3O2/c22-21(23,24)16-8-4-7-15(11-16)20(29)26-12-18(28)17-9-10-27(19(17)25)13-14-5-2-1-3-6-14/h1-8,11,17,19H,9-10,12-13,25H2,(H,26,29)/t17?,19-/m0/s1. The van der Waals surface area contributed by atoms with Crippen molar-refractivity contribution in [3.05, 3.63) is 71.3 Å². The lowest BCUT2D eigenvalue weighted by atomic mass is 10.0. The van der Waals surface area contributed by atoms with E-state index in [9.17, 15) is 22.8 Å². The highest BCUT2D eigenvalue weighted by Gasteiger charge is 2.36. The Hall–Kier alpha value is -2.71. The molecule has 0 aromatic heterocycles. The number of amides is 1. The molecule has 29 heavy (non-hydrogen) atoms. The third kappa shape index (κ3) is 5.21. The molecule has 8 heteroatoms. The van der Waals surface area contributed by atoms with Crippen LogP contribution in [0.5, 0.6) is 0 Å². The van der Waals surface area contributed by atoms with Gasteiger partial charge in [-0.15, -0.1) is 0 Å². The third-order valence-corrected chi connectivity index (χ3v) is 5.08. The highest BCUT2D eigenvalue weighted by Crippen LogP contribution is 2.29. The second-order valence-corrected chi connectivity index (χ2v) is 7.07. The van der Waals surface area contributed by atoms with Crippen LogP contribution < -0.4 is 11.1 Å². The lowest BCUT2D eigenvalue weighted by molar-refractivity contribution is -0.137. The minimum atomic E-state index is -4.54. The summed E-state index contributed by atoms with van der Waals surface area (Å²) >= 11 is 0. The van der Waals surface area contributed by atoms with Crippen molar-refractivity contribution in [2.75, 3.05) is 13.1 Å². The number of hydrogen-bond donors (Lipinski definition) is 2. The van der Waals surface area contributed by atoms with E-state index in [0.717, 1.165) is 23.8 Å². The van der Waals surface area contributed by atoms with Gasteiger partial charge in [0.1, 0.15) is 0 Å². The van der Waals surface area contributed by atoms with Gasteiger partial charge in [0.2, 0.25) is 0 Å². The van der Waals surface area contributed by atoms with Crippen molar-refractivity contribution in [1.29, 1.82) is 0 Å². The number of likely N-dealkylation sites (tertiary alicyclic amines) is 1. The SMILES string of the molecule is N[C@@H]1C(C(=O)CNC(=O)c2cccc(C(F)(F)F)c2)CCN1Cc1ccccc1. The molecule has 1 heterocycles. The summed E-state index contributed by atoms with van der Waals surface area (Å²) in [5, 5.41) is 2.41. The Balaban J connectivity index is 1.55. The molecule has 1 saturated heterocycles. The van der Waals surface area contributed by atoms with Gasteiger partial charge in [0.05, 0.1) is 18.3 Å². The number of hydrogen-bond acceptors (Lipinski definition) is 4. The quantitative estimate of drug-likeness (QED) is 0.775. The summed E-state index contributed by atoms with van der Waals surface area (Å²) in [5.74, 6) is -1.38. The van der Waals surface area contributed by atoms with Crippen molar-refractivity contribution >= 4 is 11.7 Å². The van der Waals surface area contributed by atoms with Gasteiger partial charge >= 0.3 is 6.18 Å². The number of alkyl halides is 3. The van der Waals surface area contributed by atoms with Crippen LogP contribution in [0.25, 0.3) is 0 Å². The zero-order chi connectivity index (χ0) is 21.0. The van der Waals surface area contributed by atoms with E-state index in [1.807, 2.05) is 35.2 Å². The monoisotopic (exact) mass is 405 g/mol. The van der Waals surface area contributed by atoms with E-state index in [1.54, 1.807) is 0 Å². The molecule has 1 aliphatic heterocycles. The number of carbonyl (C=O) groups excluding carboxylic acids is 2. The summed E-state index contributed by atoms with van der Waals surface area (Å²) in [6.45, 7) is 1.02. The van der Waals surface area contributed by atoms with Crippen molar-refractivity contribution in [2.24, 2.45) is 11.7 Å². The van der Waals surface area contributed by atoms with E-state index in [1.165, 1.54) is 6.07 Å². The van der Waals surface area contributed by atoms with Gasteiger partial charge in [-0.3, -0.25) is 14.5 Å². The first-order valence-corrected chi connectivity index (χ1v) is 9.27. The highest BCUT2D eigenvalue weighted by atomic mass is 19.4. The molecule has 1 unspecified atom stereocenters. The summed E-state index contributed by atoms with van der Waals surface area (Å²) in [4.78, 5) is 26.7. The smallest absolute Gasteiger partial charge is 0.345 e. The highest BCUT2D eigenvalue weighted by molar-refractivity contribution is 5.97. The molecule has 3 N–H and O–H groups in total. The van der Waals surface area contributed by atoms with E-state index < -0.39 is 29.7 Å². The van der Waals surface area contributed by atoms with E-state index in [0.29, 0.717) is 19.5 Å². The second kappa shape index (κ2) is 8.75. The Kier molecular flexibility index (Phi) is 6.34. The van der Waals surface area contributed by atoms with Crippen molar-refractivity contribution in [2.45, 2.75) is 25.3 Å². The first-order valence-electron chi connectivity index (χ1n) is 9.27. The molecule has 1 amide bonds. The predicted octanol–water partition coefficient (Wildman–Crippen LogP) is 2.81. The number of ketones is 1. The molecule has 154 valence electrons. The molecule has 5 nitrogen and oxygen atoms in total. The molecular formula is C21H22F3N3O2. The fourth-order valence-corrected chi connectivity index (χ4v) is 3.47. The van der Waals surface area contributed by atoms with Crippen LogP contribution in [0.2, 0.25) is 0 Å². The zero-order valence-electron chi connectivity index (χ0n) is 15.7. The largest absolute Gasteiger partial charge is 0.416 e. The zero-order valence-corrected chi connectivity index (χ0v) is 15.7. The van der Waals surface area contributed by atoms with Crippen LogP contribution in [-0.2, 0) is 17.5 Å². The van der Waals surface area contributed by atoms with Gasteiger partial charge < -0.3 is 11.1 Å². The maximum Gasteiger partial charge on any atom is 0.416 e. The predicted molar refractivity (Wildman–Crippen MR) is 102 cm³/mol. The number of nitrogens with two attached hydrogens (primary N) is 1.